The maximum Gasteiger partial charge on any atom is 0.320 e. The van der Waals surface area contributed by atoms with Crippen LogP contribution >= 0.6 is 11.3 Å². The molecule has 2 heterocycles. The molecule has 0 aromatic carbocycles. The highest BCUT2D eigenvalue weighted by Crippen LogP contribution is 2.24. The molecule has 0 aliphatic carbocycles. The van der Waals surface area contributed by atoms with Crippen molar-refractivity contribution in [2.75, 3.05) is 11.9 Å². The van der Waals surface area contributed by atoms with Crippen LogP contribution in [0.3, 0.4) is 0 Å². The first-order chi connectivity index (χ1) is 9.86. The van der Waals surface area contributed by atoms with E-state index in [1.165, 1.54) is 0 Å². The second kappa shape index (κ2) is 6.26. The van der Waals surface area contributed by atoms with Crippen molar-refractivity contribution in [2.45, 2.75) is 39.0 Å². The van der Waals surface area contributed by atoms with Crippen LogP contribution in [0.15, 0.2) is 22.2 Å². The van der Waals surface area contributed by atoms with Gasteiger partial charge in [-0.05, 0) is 0 Å². The number of carbonyl (C=O) groups is 1. The predicted molar refractivity (Wildman–Crippen MR) is 82.8 cm³/mol. The molecule has 1 unspecified atom stereocenters. The molecule has 0 aliphatic heterocycles. The molecule has 2 aromatic rings. The third kappa shape index (κ3) is 4.29. The van der Waals surface area contributed by atoms with Crippen molar-refractivity contribution >= 4 is 23.2 Å². The summed E-state index contributed by atoms with van der Waals surface area (Å²) in [5, 5.41) is 12.2. The summed E-state index contributed by atoms with van der Waals surface area (Å²) in [5.74, 6) is 1.33. The minimum absolute atomic E-state index is 0.136. The quantitative estimate of drug-likeness (QED) is 0.907. The number of rotatable bonds is 4. The fraction of sp³-hybridized carbons (Fsp3) is 0.500. The van der Waals surface area contributed by atoms with E-state index in [2.05, 4.69) is 20.8 Å². The lowest BCUT2D eigenvalue weighted by atomic mass is 9.93. The molecule has 0 saturated carbocycles. The van der Waals surface area contributed by atoms with E-state index in [1.54, 1.807) is 23.6 Å². The minimum atomic E-state index is -0.299. The van der Waals surface area contributed by atoms with Gasteiger partial charge in [-0.25, -0.2) is 9.78 Å². The normalized spacial score (nSPS) is 13.0. The molecule has 0 bridgehead atoms. The Morgan fingerprint density at radius 3 is 2.81 bits per heavy atom. The molecule has 21 heavy (non-hydrogen) atoms. The van der Waals surface area contributed by atoms with Gasteiger partial charge in [-0.15, -0.1) is 11.3 Å². The van der Waals surface area contributed by atoms with Crippen LogP contribution in [0, 0.1) is 0 Å². The fourth-order valence-corrected chi connectivity index (χ4v) is 2.36. The van der Waals surface area contributed by atoms with Crippen LogP contribution < -0.4 is 10.6 Å². The zero-order chi connectivity index (χ0) is 15.5. The maximum atomic E-state index is 11.8. The second-order valence-electron chi connectivity index (χ2n) is 5.93. The van der Waals surface area contributed by atoms with Crippen LogP contribution in [0.1, 0.15) is 44.4 Å². The number of hydrogen-bond acceptors (Lipinski definition) is 5. The number of nitrogens with one attached hydrogen (secondary N) is 2. The van der Waals surface area contributed by atoms with Crippen molar-refractivity contribution in [3.8, 4) is 0 Å². The van der Waals surface area contributed by atoms with Crippen molar-refractivity contribution in [3.63, 3.8) is 0 Å². The molecule has 0 saturated heterocycles. The van der Waals surface area contributed by atoms with Crippen LogP contribution in [-0.2, 0) is 5.41 Å². The molecule has 2 amide bonds. The highest BCUT2D eigenvalue weighted by molar-refractivity contribution is 7.09. The third-order valence-corrected chi connectivity index (χ3v) is 3.94. The predicted octanol–water partition coefficient (Wildman–Crippen LogP) is 3.35. The summed E-state index contributed by atoms with van der Waals surface area (Å²) in [4.78, 5) is 16.1. The summed E-state index contributed by atoms with van der Waals surface area (Å²) in [7, 11) is 0. The number of anilines is 1. The molecule has 114 valence electrons. The topological polar surface area (TPSA) is 80.0 Å². The standard InChI is InChI=1S/C14H20N4O2S/c1-9(12-15-5-6-21-12)8-16-13(19)17-11-7-10(20-18-11)14(2,3)4/h5-7,9H,8H2,1-4H3,(H2,16,17,18,19). The van der Waals surface area contributed by atoms with Crippen LogP contribution in [-0.4, -0.2) is 22.7 Å². The molecule has 2 N–H and O–H groups in total. The number of thiazole rings is 1. The van der Waals surface area contributed by atoms with Crippen LogP contribution in [0.4, 0.5) is 10.6 Å². The highest BCUT2D eigenvalue weighted by atomic mass is 32.1. The molecule has 2 rings (SSSR count). The zero-order valence-electron chi connectivity index (χ0n) is 12.6. The van der Waals surface area contributed by atoms with E-state index in [4.69, 9.17) is 4.52 Å². The lowest BCUT2D eigenvalue weighted by Gasteiger charge is -2.12. The molecule has 6 nitrogen and oxygen atoms in total. The van der Waals surface area contributed by atoms with E-state index < -0.39 is 0 Å². The molecule has 7 heteroatoms. The number of hydrogen-bond donors (Lipinski definition) is 2. The van der Waals surface area contributed by atoms with Crippen LogP contribution in [0.25, 0.3) is 0 Å². The molecule has 0 spiro atoms. The fourth-order valence-electron chi connectivity index (χ4n) is 1.66. The van der Waals surface area contributed by atoms with Crippen molar-refractivity contribution in [1.82, 2.24) is 15.5 Å². The number of nitrogens with zero attached hydrogens (tertiary/aromatic N) is 2. The SMILES string of the molecule is CC(CNC(=O)Nc1cc(C(C)(C)C)on1)c1nccs1. The Bertz CT molecular complexity index is 586. The smallest absolute Gasteiger partial charge is 0.320 e. The van der Waals surface area contributed by atoms with Crippen LogP contribution in [0.2, 0.25) is 0 Å². The zero-order valence-corrected chi connectivity index (χ0v) is 13.5. The monoisotopic (exact) mass is 308 g/mol. The van der Waals surface area contributed by atoms with Crippen molar-refractivity contribution in [3.05, 3.63) is 28.4 Å². The Morgan fingerprint density at radius 1 is 1.48 bits per heavy atom. The van der Waals surface area contributed by atoms with E-state index in [1.807, 2.05) is 33.1 Å². The lowest BCUT2D eigenvalue weighted by molar-refractivity contribution is 0.251. The van der Waals surface area contributed by atoms with Crippen molar-refractivity contribution in [1.29, 1.82) is 0 Å². The first-order valence-corrected chi connectivity index (χ1v) is 7.65. The Balaban J connectivity index is 1.83. The Morgan fingerprint density at radius 2 is 2.24 bits per heavy atom. The van der Waals surface area contributed by atoms with E-state index >= 15 is 0 Å². The molecule has 2 aromatic heterocycles. The van der Waals surface area contributed by atoms with E-state index in [9.17, 15) is 4.79 Å². The number of carbonyl (C=O) groups excluding carboxylic acids is 1. The summed E-state index contributed by atoms with van der Waals surface area (Å²) in [6.07, 6.45) is 1.76. The van der Waals surface area contributed by atoms with Gasteiger partial charge in [-0.2, -0.15) is 0 Å². The summed E-state index contributed by atoms with van der Waals surface area (Å²) < 4.78 is 5.21. The van der Waals surface area contributed by atoms with Crippen LogP contribution in [0.5, 0.6) is 0 Å². The van der Waals surface area contributed by atoms with Gasteiger partial charge in [-0.3, -0.25) is 5.32 Å². The van der Waals surface area contributed by atoms with E-state index in [0.29, 0.717) is 12.4 Å². The van der Waals surface area contributed by atoms with E-state index in [-0.39, 0.29) is 17.4 Å². The molecule has 1 atom stereocenters. The number of amides is 2. The van der Waals surface area contributed by atoms with Gasteiger partial charge < -0.3 is 9.84 Å². The first-order valence-electron chi connectivity index (χ1n) is 6.77. The summed E-state index contributed by atoms with van der Waals surface area (Å²) in [6.45, 7) is 8.60. The maximum absolute atomic E-state index is 11.8. The second-order valence-corrected chi connectivity index (χ2v) is 6.86. The average molecular weight is 308 g/mol. The molecular weight excluding hydrogens is 288 g/mol. The molecule has 0 fully saturated rings. The highest BCUT2D eigenvalue weighted by Gasteiger charge is 2.20. The van der Waals surface area contributed by atoms with Gasteiger partial charge in [0, 0.05) is 35.5 Å². The van der Waals surface area contributed by atoms with Gasteiger partial charge in [0.1, 0.15) is 5.76 Å². The minimum Gasteiger partial charge on any atom is -0.359 e. The third-order valence-electron chi connectivity index (χ3n) is 2.93. The summed E-state index contributed by atoms with van der Waals surface area (Å²) >= 11 is 1.58. The number of aromatic nitrogens is 2. The van der Waals surface area contributed by atoms with Gasteiger partial charge in [0.15, 0.2) is 5.82 Å². The largest absolute Gasteiger partial charge is 0.359 e. The summed E-state index contributed by atoms with van der Waals surface area (Å²) in [5.41, 5.74) is -0.136. The van der Waals surface area contributed by atoms with Gasteiger partial charge in [0.2, 0.25) is 0 Å². The lowest BCUT2D eigenvalue weighted by Crippen LogP contribution is -2.31. The average Bonchev–Trinajstić information content (AvgIpc) is 3.05. The van der Waals surface area contributed by atoms with Crippen molar-refractivity contribution in [2.24, 2.45) is 0 Å². The molecular formula is C14H20N4O2S. The Hall–Kier alpha value is -1.89. The Kier molecular flexibility index (Phi) is 4.62. The Labute approximate surface area is 127 Å². The molecule has 0 radical (unpaired) electrons. The van der Waals surface area contributed by atoms with Gasteiger partial charge in [0.25, 0.3) is 0 Å². The van der Waals surface area contributed by atoms with Crippen molar-refractivity contribution < 1.29 is 9.32 Å². The van der Waals surface area contributed by atoms with Gasteiger partial charge in [-0.1, -0.05) is 32.9 Å². The van der Waals surface area contributed by atoms with Gasteiger partial charge >= 0.3 is 6.03 Å². The summed E-state index contributed by atoms with van der Waals surface area (Å²) in [6, 6.07) is 1.44. The first kappa shape index (κ1) is 15.5. The van der Waals surface area contributed by atoms with Gasteiger partial charge in [0.05, 0.1) is 5.01 Å². The number of urea groups is 1. The van der Waals surface area contributed by atoms with E-state index in [0.717, 1.165) is 10.8 Å². The molecule has 0 aliphatic rings.